The van der Waals surface area contributed by atoms with Crippen molar-refractivity contribution in [3.63, 3.8) is 0 Å². The lowest BCUT2D eigenvalue weighted by Crippen LogP contribution is -2.27. The maximum Gasteiger partial charge on any atom is 0.238 e. The lowest BCUT2D eigenvalue weighted by atomic mass is 10.1. The molecule has 5 heteroatoms. The summed E-state index contributed by atoms with van der Waals surface area (Å²) in [4.78, 5) is 2.30. The Morgan fingerprint density at radius 1 is 0.710 bits per heavy atom. The Balaban J connectivity index is 1.66. The van der Waals surface area contributed by atoms with E-state index in [1.807, 2.05) is 60.7 Å². The first-order valence-electron chi connectivity index (χ1n) is 9.93. The molecule has 31 heavy (non-hydrogen) atoms. The van der Waals surface area contributed by atoms with E-state index in [1.165, 1.54) is 0 Å². The van der Waals surface area contributed by atoms with Crippen LogP contribution in [0, 0.1) is 23.7 Å². The molecular formula is C26H24N2O2S. The van der Waals surface area contributed by atoms with Gasteiger partial charge in [0.05, 0.1) is 18.0 Å². The van der Waals surface area contributed by atoms with Gasteiger partial charge in [0.2, 0.25) is 10.0 Å². The maximum absolute atomic E-state index is 11.4. The van der Waals surface area contributed by atoms with Crippen LogP contribution < -0.4 is 5.14 Å². The van der Waals surface area contributed by atoms with Gasteiger partial charge in [0.15, 0.2) is 0 Å². The van der Waals surface area contributed by atoms with Crippen LogP contribution in [0.5, 0.6) is 0 Å². The Bertz CT molecular complexity index is 1140. The number of primary sulfonamides is 1. The summed E-state index contributed by atoms with van der Waals surface area (Å²) in [5.41, 5.74) is 3.00. The summed E-state index contributed by atoms with van der Waals surface area (Å²) < 4.78 is 22.8. The zero-order valence-corrected chi connectivity index (χ0v) is 18.0. The highest BCUT2D eigenvalue weighted by Crippen LogP contribution is 2.10. The molecule has 0 atom stereocenters. The van der Waals surface area contributed by atoms with Gasteiger partial charge in [-0.1, -0.05) is 72.2 Å². The van der Waals surface area contributed by atoms with Crippen LogP contribution in [0.2, 0.25) is 0 Å². The molecule has 3 aromatic carbocycles. The molecule has 3 rings (SSSR count). The molecule has 0 spiro atoms. The van der Waals surface area contributed by atoms with Crippen molar-refractivity contribution in [3.8, 4) is 23.7 Å². The van der Waals surface area contributed by atoms with Crippen LogP contribution in [-0.2, 0) is 16.4 Å². The minimum atomic E-state index is -3.67. The summed E-state index contributed by atoms with van der Waals surface area (Å²) >= 11 is 0. The lowest BCUT2D eigenvalue weighted by molar-refractivity contribution is 0.349. The van der Waals surface area contributed by atoms with Crippen molar-refractivity contribution >= 4 is 10.0 Å². The van der Waals surface area contributed by atoms with Crippen molar-refractivity contribution in [2.75, 3.05) is 19.6 Å². The predicted octanol–water partition coefficient (Wildman–Crippen LogP) is 3.28. The monoisotopic (exact) mass is 428 g/mol. The van der Waals surface area contributed by atoms with E-state index < -0.39 is 10.0 Å². The molecule has 0 aliphatic carbocycles. The Hall–Kier alpha value is -3.35. The van der Waals surface area contributed by atoms with Crippen molar-refractivity contribution < 1.29 is 8.42 Å². The van der Waals surface area contributed by atoms with E-state index in [1.54, 1.807) is 24.3 Å². The average Bonchev–Trinajstić information content (AvgIpc) is 2.78. The maximum atomic E-state index is 11.4. The molecule has 0 aliphatic rings. The second kappa shape index (κ2) is 11.2. The normalized spacial score (nSPS) is 10.6. The topological polar surface area (TPSA) is 63.4 Å². The summed E-state index contributed by atoms with van der Waals surface area (Å²) in [6, 6.07) is 26.4. The molecule has 156 valence electrons. The molecule has 0 amide bonds. The highest BCUT2D eigenvalue weighted by Gasteiger charge is 2.07. The fourth-order valence-electron chi connectivity index (χ4n) is 2.90. The van der Waals surface area contributed by atoms with Crippen molar-refractivity contribution in [1.82, 2.24) is 4.90 Å². The Kier molecular flexibility index (Phi) is 8.04. The molecular weight excluding hydrogens is 404 g/mol. The molecule has 0 bridgehead atoms. The molecule has 0 unspecified atom stereocenters. The number of nitrogens with two attached hydrogens (primary N) is 1. The second-order valence-electron chi connectivity index (χ2n) is 6.99. The average molecular weight is 429 g/mol. The van der Waals surface area contributed by atoms with E-state index in [2.05, 4.69) is 28.6 Å². The van der Waals surface area contributed by atoms with Gasteiger partial charge in [-0.3, -0.25) is 4.90 Å². The van der Waals surface area contributed by atoms with E-state index in [0.29, 0.717) is 13.1 Å². The van der Waals surface area contributed by atoms with Gasteiger partial charge in [-0.05, 0) is 48.4 Å². The van der Waals surface area contributed by atoms with Crippen LogP contribution in [-0.4, -0.2) is 33.0 Å². The van der Waals surface area contributed by atoms with E-state index >= 15 is 0 Å². The zero-order chi connectivity index (χ0) is 21.9. The van der Waals surface area contributed by atoms with Crippen LogP contribution >= 0.6 is 0 Å². The van der Waals surface area contributed by atoms with Crippen LogP contribution in [0.25, 0.3) is 0 Å². The first kappa shape index (κ1) is 22.3. The highest BCUT2D eigenvalue weighted by atomic mass is 32.2. The van der Waals surface area contributed by atoms with Gasteiger partial charge in [-0.2, -0.15) is 0 Å². The fourth-order valence-corrected chi connectivity index (χ4v) is 3.41. The number of hydrogen-bond acceptors (Lipinski definition) is 3. The van der Waals surface area contributed by atoms with Crippen LogP contribution in [0.3, 0.4) is 0 Å². The molecule has 0 aromatic heterocycles. The van der Waals surface area contributed by atoms with E-state index in [9.17, 15) is 8.42 Å². The standard InChI is InChI=1S/C26H24N2O2S/c27-31(29,30)26-17-15-25(16-18-26)19-22-28(20-7-13-23-9-3-1-4-10-23)21-8-14-24-11-5-2-6-12-24/h1-6,9-12,15-18H,19-22H2,(H2,27,29,30). The van der Waals surface area contributed by atoms with Crippen LogP contribution in [0.15, 0.2) is 89.8 Å². The molecule has 0 heterocycles. The molecule has 2 N–H and O–H groups in total. The zero-order valence-electron chi connectivity index (χ0n) is 17.2. The molecule has 0 aliphatic heterocycles. The Morgan fingerprint density at radius 3 is 1.65 bits per heavy atom. The number of benzene rings is 3. The van der Waals surface area contributed by atoms with E-state index in [0.717, 1.165) is 29.7 Å². The minimum absolute atomic E-state index is 0.121. The van der Waals surface area contributed by atoms with E-state index in [4.69, 9.17) is 5.14 Å². The summed E-state index contributed by atoms with van der Waals surface area (Å²) in [6.45, 7) is 1.93. The van der Waals surface area contributed by atoms with Gasteiger partial charge >= 0.3 is 0 Å². The van der Waals surface area contributed by atoms with Crippen molar-refractivity contribution in [1.29, 1.82) is 0 Å². The van der Waals surface area contributed by atoms with Gasteiger partial charge < -0.3 is 0 Å². The van der Waals surface area contributed by atoms with Gasteiger partial charge in [-0.25, -0.2) is 13.6 Å². The summed E-state index contributed by atoms with van der Waals surface area (Å²) in [7, 11) is -3.67. The lowest BCUT2D eigenvalue weighted by Gasteiger charge is -2.16. The third-order valence-electron chi connectivity index (χ3n) is 4.59. The van der Waals surface area contributed by atoms with E-state index in [-0.39, 0.29) is 4.90 Å². The van der Waals surface area contributed by atoms with Gasteiger partial charge in [0.25, 0.3) is 0 Å². The van der Waals surface area contributed by atoms with Gasteiger partial charge in [0, 0.05) is 17.7 Å². The van der Waals surface area contributed by atoms with Crippen LogP contribution in [0.4, 0.5) is 0 Å². The second-order valence-corrected chi connectivity index (χ2v) is 8.55. The van der Waals surface area contributed by atoms with Crippen molar-refractivity contribution in [2.45, 2.75) is 11.3 Å². The third kappa shape index (κ3) is 7.77. The predicted molar refractivity (Wildman–Crippen MR) is 125 cm³/mol. The fraction of sp³-hybridized carbons (Fsp3) is 0.154. The molecule has 0 radical (unpaired) electrons. The SMILES string of the molecule is NS(=O)(=O)c1ccc(CCN(CC#Cc2ccccc2)CC#Cc2ccccc2)cc1. The molecule has 0 saturated heterocycles. The summed E-state index contributed by atoms with van der Waals surface area (Å²) in [5, 5.41) is 5.17. The summed E-state index contributed by atoms with van der Waals surface area (Å²) in [6.07, 6.45) is 0.755. The Labute approximate surface area is 184 Å². The van der Waals surface area contributed by atoms with Gasteiger partial charge in [-0.15, -0.1) is 0 Å². The van der Waals surface area contributed by atoms with Crippen molar-refractivity contribution in [3.05, 3.63) is 102 Å². The quantitative estimate of drug-likeness (QED) is 0.613. The highest BCUT2D eigenvalue weighted by molar-refractivity contribution is 7.89. The van der Waals surface area contributed by atoms with Crippen molar-refractivity contribution in [2.24, 2.45) is 5.14 Å². The van der Waals surface area contributed by atoms with Gasteiger partial charge in [0.1, 0.15) is 0 Å². The number of hydrogen-bond donors (Lipinski definition) is 1. The molecule has 4 nitrogen and oxygen atoms in total. The molecule has 3 aromatic rings. The minimum Gasteiger partial charge on any atom is -0.281 e. The number of nitrogens with zero attached hydrogens (tertiary/aromatic N) is 1. The number of sulfonamides is 1. The molecule has 0 fully saturated rings. The Morgan fingerprint density at radius 2 is 1.19 bits per heavy atom. The first-order chi connectivity index (χ1) is 15.0. The third-order valence-corrected chi connectivity index (χ3v) is 5.52. The number of rotatable bonds is 6. The first-order valence-corrected chi connectivity index (χ1v) is 11.5. The summed E-state index contributed by atoms with van der Waals surface area (Å²) in [5.74, 6) is 12.8. The molecule has 0 saturated carbocycles. The van der Waals surface area contributed by atoms with Crippen LogP contribution in [0.1, 0.15) is 16.7 Å². The smallest absolute Gasteiger partial charge is 0.238 e. The largest absolute Gasteiger partial charge is 0.281 e.